The van der Waals surface area contributed by atoms with Gasteiger partial charge in [-0.05, 0) is 45.2 Å². The van der Waals surface area contributed by atoms with E-state index in [1.54, 1.807) is 62.2 Å². The van der Waals surface area contributed by atoms with Gasteiger partial charge in [-0.25, -0.2) is 14.5 Å². The summed E-state index contributed by atoms with van der Waals surface area (Å²) >= 11 is 5.99. The molecule has 3 aromatic heterocycles. The normalized spacial score (nSPS) is 13.8. The second-order valence-corrected chi connectivity index (χ2v) is 8.91. The van der Waals surface area contributed by atoms with Crippen LogP contribution in [0.5, 0.6) is 0 Å². The first-order valence-electron chi connectivity index (χ1n) is 9.96. The number of amides is 1. The van der Waals surface area contributed by atoms with Crippen LogP contribution in [0.3, 0.4) is 0 Å². The number of anilines is 1. The zero-order valence-electron chi connectivity index (χ0n) is 17.5. The molecule has 1 N–H and O–H groups in total. The van der Waals surface area contributed by atoms with E-state index in [0.29, 0.717) is 22.2 Å². The molecule has 0 atom stereocenters. The van der Waals surface area contributed by atoms with Gasteiger partial charge in [0.15, 0.2) is 11.6 Å². The molecule has 1 amide bonds. The Hall–Kier alpha value is -3.20. The highest BCUT2D eigenvalue weighted by Gasteiger charge is 2.32. The van der Waals surface area contributed by atoms with Crippen LogP contribution >= 0.6 is 11.6 Å². The van der Waals surface area contributed by atoms with Crippen molar-refractivity contribution in [2.24, 2.45) is 0 Å². The highest BCUT2D eigenvalue weighted by molar-refractivity contribution is 6.30. The number of hydrogen-bond acceptors (Lipinski definition) is 6. The van der Waals surface area contributed by atoms with Crippen molar-refractivity contribution in [3.8, 4) is 5.82 Å². The van der Waals surface area contributed by atoms with Crippen LogP contribution in [0.2, 0.25) is 5.02 Å². The molecular formula is C21H23ClN6O3. The Balaban J connectivity index is 1.44. The summed E-state index contributed by atoms with van der Waals surface area (Å²) in [5.74, 6) is 0.870. The number of carbonyl (C=O) groups is 2. The number of carbonyl (C=O) groups excluding carboxylic acids is 2. The molecule has 3 aromatic rings. The predicted molar refractivity (Wildman–Crippen MR) is 115 cm³/mol. The number of rotatable bonds is 5. The second-order valence-electron chi connectivity index (χ2n) is 8.47. The minimum absolute atomic E-state index is 0.0959. The fourth-order valence-electron chi connectivity index (χ4n) is 3.05. The molecule has 162 valence electrons. The summed E-state index contributed by atoms with van der Waals surface area (Å²) < 4.78 is 8.24. The van der Waals surface area contributed by atoms with E-state index in [1.165, 1.54) is 4.68 Å². The van der Waals surface area contributed by atoms with E-state index in [9.17, 15) is 9.59 Å². The van der Waals surface area contributed by atoms with Crippen LogP contribution < -0.4 is 5.32 Å². The van der Waals surface area contributed by atoms with Crippen molar-refractivity contribution < 1.29 is 14.3 Å². The van der Waals surface area contributed by atoms with Crippen molar-refractivity contribution in [3.63, 3.8) is 0 Å². The van der Waals surface area contributed by atoms with Crippen molar-refractivity contribution in [1.82, 2.24) is 24.5 Å². The summed E-state index contributed by atoms with van der Waals surface area (Å²) in [4.78, 5) is 29.2. The fourth-order valence-corrected chi connectivity index (χ4v) is 3.20. The third kappa shape index (κ3) is 5.29. The molecule has 1 aliphatic carbocycles. The van der Waals surface area contributed by atoms with E-state index >= 15 is 0 Å². The summed E-state index contributed by atoms with van der Waals surface area (Å²) in [5.41, 5.74) is 0.823. The van der Waals surface area contributed by atoms with Gasteiger partial charge in [0.05, 0.1) is 18.3 Å². The molecule has 9 nitrogen and oxygen atoms in total. The van der Waals surface area contributed by atoms with Crippen molar-refractivity contribution >= 4 is 29.4 Å². The number of nitrogens with one attached hydrogen (secondary N) is 1. The molecule has 0 bridgehead atoms. The van der Waals surface area contributed by atoms with Crippen molar-refractivity contribution in [2.75, 3.05) is 5.32 Å². The number of ether oxygens (including phenoxy) is 1. The van der Waals surface area contributed by atoms with Gasteiger partial charge in [0.1, 0.15) is 5.60 Å². The Morgan fingerprint density at radius 2 is 2.06 bits per heavy atom. The van der Waals surface area contributed by atoms with Crippen LogP contribution in [0, 0.1) is 0 Å². The topological polar surface area (TPSA) is 104 Å². The molecule has 10 heteroatoms. The molecule has 31 heavy (non-hydrogen) atoms. The lowest BCUT2D eigenvalue weighted by molar-refractivity contribution is -0.115. The predicted octanol–water partition coefficient (Wildman–Crippen LogP) is 3.96. The number of halogens is 1. The van der Waals surface area contributed by atoms with Crippen molar-refractivity contribution in [3.05, 3.63) is 53.1 Å². The molecule has 0 aliphatic heterocycles. The van der Waals surface area contributed by atoms with Gasteiger partial charge in [-0.3, -0.25) is 4.79 Å². The van der Waals surface area contributed by atoms with Crippen LogP contribution in [0.15, 0.2) is 36.8 Å². The molecule has 0 aromatic carbocycles. The number of nitrogens with zero attached hydrogens (tertiary/aromatic N) is 5. The summed E-state index contributed by atoms with van der Waals surface area (Å²) in [6, 6.07) is 5.09. The molecule has 1 fully saturated rings. The minimum Gasteiger partial charge on any atom is -0.442 e. The highest BCUT2D eigenvalue weighted by atomic mass is 35.5. The average molecular weight is 443 g/mol. The summed E-state index contributed by atoms with van der Waals surface area (Å²) in [5, 5.41) is 11.8. The monoisotopic (exact) mass is 442 g/mol. The maximum absolute atomic E-state index is 12.5. The molecular weight excluding hydrogens is 420 g/mol. The lowest BCUT2D eigenvalue weighted by Crippen LogP contribution is -2.28. The van der Waals surface area contributed by atoms with Gasteiger partial charge in [0, 0.05) is 35.5 Å². The van der Waals surface area contributed by atoms with E-state index in [1.807, 2.05) is 0 Å². The Bertz CT molecular complexity index is 1130. The van der Waals surface area contributed by atoms with Gasteiger partial charge < -0.3 is 10.1 Å². The summed E-state index contributed by atoms with van der Waals surface area (Å²) in [6.45, 7) is 5.40. The third-order valence-corrected chi connectivity index (χ3v) is 4.74. The Morgan fingerprint density at radius 1 is 1.29 bits per heavy atom. The van der Waals surface area contributed by atoms with Gasteiger partial charge in [-0.15, -0.1) is 5.10 Å². The summed E-state index contributed by atoms with van der Waals surface area (Å²) in [7, 11) is 0. The van der Waals surface area contributed by atoms with Gasteiger partial charge in [-0.2, -0.15) is 9.78 Å². The van der Waals surface area contributed by atoms with Crippen LogP contribution in [-0.4, -0.2) is 42.1 Å². The van der Waals surface area contributed by atoms with E-state index in [-0.39, 0.29) is 18.2 Å². The van der Waals surface area contributed by atoms with Crippen LogP contribution in [0.1, 0.15) is 50.8 Å². The maximum atomic E-state index is 12.5. The number of aromatic nitrogens is 5. The number of hydrogen-bond donors (Lipinski definition) is 1. The fraction of sp³-hybridized carbons (Fsp3) is 0.381. The summed E-state index contributed by atoms with van der Waals surface area (Å²) in [6.07, 6.45) is 6.41. The first-order valence-corrected chi connectivity index (χ1v) is 10.3. The molecule has 0 radical (unpaired) electrons. The lowest BCUT2D eigenvalue weighted by Gasteiger charge is -2.19. The van der Waals surface area contributed by atoms with Crippen molar-refractivity contribution in [1.29, 1.82) is 0 Å². The van der Waals surface area contributed by atoms with E-state index in [0.717, 1.165) is 18.5 Å². The standard InChI is InChI=1S/C21H23ClN6O3/c1-21(2,3)31-20(30)28-16(14-4-5-14)10-17(26-28)25-19(29)8-13-11-24-27(12-13)18-9-15(22)6-7-23-18/h6-7,9-12,14H,4-5,8H2,1-3H3,(H,25,26,29). The molecule has 0 spiro atoms. The van der Waals surface area contributed by atoms with Gasteiger partial charge >= 0.3 is 6.09 Å². The SMILES string of the molecule is CC(C)(C)OC(=O)n1nc(NC(=O)Cc2cnn(-c3cc(Cl)ccn3)c2)cc1C1CC1. The smallest absolute Gasteiger partial charge is 0.435 e. The number of pyridine rings is 1. The quantitative estimate of drug-likeness (QED) is 0.641. The minimum atomic E-state index is -0.634. The van der Waals surface area contributed by atoms with E-state index in [2.05, 4.69) is 20.5 Å². The van der Waals surface area contributed by atoms with Crippen LogP contribution in [0.25, 0.3) is 5.82 Å². The van der Waals surface area contributed by atoms with Gasteiger partial charge in [-0.1, -0.05) is 11.6 Å². The van der Waals surface area contributed by atoms with Gasteiger partial charge in [0.25, 0.3) is 0 Å². The molecule has 4 rings (SSSR count). The van der Waals surface area contributed by atoms with E-state index < -0.39 is 11.7 Å². The zero-order valence-corrected chi connectivity index (χ0v) is 18.3. The van der Waals surface area contributed by atoms with Crippen molar-refractivity contribution in [2.45, 2.75) is 51.6 Å². The third-order valence-electron chi connectivity index (χ3n) is 4.51. The Morgan fingerprint density at radius 3 is 2.74 bits per heavy atom. The first-order chi connectivity index (χ1) is 14.7. The lowest BCUT2D eigenvalue weighted by atomic mass is 10.2. The Labute approximate surface area is 184 Å². The molecule has 1 saturated carbocycles. The molecule has 0 unspecified atom stereocenters. The molecule has 3 heterocycles. The first kappa shape index (κ1) is 21.0. The van der Waals surface area contributed by atoms with E-state index in [4.69, 9.17) is 16.3 Å². The zero-order chi connectivity index (χ0) is 22.2. The second kappa shape index (κ2) is 8.14. The Kier molecular flexibility index (Phi) is 5.53. The van der Waals surface area contributed by atoms with Crippen LogP contribution in [-0.2, 0) is 16.0 Å². The van der Waals surface area contributed by atoms with Gasteiger partial charge in [0.2, 0.25) is 5.91 Å². The van der Waals surface area contributed by atoms with Crippen LogP contribution in [0.4, 0.5) is 10.6 Å². The molecule has 1 aliphatic rings. The maximum Gasteiger partial charge on any atom is 0.435 e. The molecule has 0 saturated heterocycles. The average Bonchev–Trinajstić information content (AvgIpc) is 3.27. The highest BCUT2D eigenvalue weighted by Crippen LogP contribution is 2.41. The largest absolute Gasteiger partial charge is 0.442 e.